The maximum atomic E-state index is 12.1. The first kappa shape index (κ1) is 17.5. The highest BCUT2D eigenvalue weighted by Gasteiger charge is 2.19. The van der Waals surface area contributed by atoms with E-state index in [1.54, 1.807) is 0 Å². The van der Waals surface area contributed by atoms with Crippen LogP contribution in [-0.2, 0) is 11.2 Å². The van der Waals surface area contributed by atoms with Gasteiger partial charge in [0.1, 0.15) is 11.0 Å². The lowest BCUT2D eigenvalue weighted by molar-refractivity contribution is -0.384. The summed E-state index contributed by atoms with van der Waals surface area (Å²) in [7, 11) is 0. The van der Waals surface area contributed by atoms with Crippen molar-refractivity contribution in [1.82, 2.24) is 15.5 Å². The minimum Gasteiger partial charge on any atom is -0.341 e. The molecular formula is C14H15N5O4S. The number of carbonyl (C=O) groups excluding carboxylic acids is 2. The van der Waals surface area contributed by atoms with Crippen LogP contribution >= 0.6 is 11.3 Å². The number of nitro groups is 1. The molecule has 2 amide bonds. The van der Waals surface area contributed by atoms with Gasteiger partial charge in [0.25, 0.3) is 11.6 Å². The van der Waals surface area contributed by atoms with Gasteiger partial charge in [-0.2, -0.15) is 0 Å². The van der Waals surface area contributed by atoms with Gasteiger partial charge in [-0.05, 0) is 19.4 Å². The Morgan fingerprint density at radius 3 is 2.75 bits per heavy atom. The number of amides is 2. The van der Waals surface area contributed by atoms with Crippen molar-refractivity contribution in [2.75, 3.05) is 5.32 Å². The fraction of sp³-hybridized carbons (Fsp3) is 0.286. The Kier molecular flexibility index (Phi) is 5.53. The number of hydrogen-bond acceptors (Lipinski definition) is 7. The molecule has 0 aliphatic rings. The highest BCUT2D eigenvalue weighted by Crippen LogP contribution is 2.16. The maximum absolute atomic E-state index is 12.1. The van der Waals surface area contributed by atoms with Crippen LogP contribution in [0, 0.1) is 10.1 Å². The van der Waals surface area contributed by atoms with Crippen molar-refractivity contribution in [3.05, 3.63) is 45.0 Å². The molecule has 2 N–H and O–H groups in total. The number of rotatable bonds is 6. The second kappa shape index (κ2) is 7.59. The number of anilines is 1. The van der Waals surface area contributed by atoms with Gasteiger partial charge in [0.2, 0.25) is 11.0 Å². The first-order chi connectivity index (χ1) is 11.4. The minimum absolute atomic E-state index is 0.105. The second-order valence-electron chi connectivity index (χ2n) is 4.85. The number of aromatic nitrogens is 2. The first-order valence-corrected chi connectivity index (χ1v) is 7.91. The number of benzene rings is 1. The molecule has 1 aromatic carbocycles. The zero-order valence-electron chi connectivity index (χ0n) is 13.0. The molecule has 10 heteroatoms. The number of nitro benzene ring substituents is 1. The molecule has 0 unspecified atom stereocenters. The fourth-order valence-electron chi connectivity index (χ4n) is 1.77. The van der Waals surface area contributed by atoms with Crippen LogP contribution in [0.2, 0.25) is 0 Å². The Bertz CT molecular complexity index is 776. The van der Waals surface area contributed by atoms with E-state index >= 15 is 0 Å². The van der Waals surface area contributed by atoms with E-state index in [-0.39, 0.29) is 11.3 Å². The first-order valence-electron chi connectivity index (χ1n) is 7.09. The van der Waals surface area contributed by atoms with Crippen LogP contribution in [0.3, 0.4) is 0 Å². The lowest BCUT2D eigenvalue weighted by atomic mass is 10.1. The third kappa shape index (κ3) is 4.32. The number of hydrogen-bond donors (Lipinski definition) is 2. The van der Waals surface area contributed by atoms with Gasteiger partial charge in [-0.15, -0.1) is 10.2 Å². The van der Waals surface area contributed by atoms with Crippen molar-refractivity contribution >= 4 is 34.0 Å². The lowest BCUT2D eigenvalue weighted by Gasteiger charge is -2.12. The van der Waals surface area contributed by atoms with E-state index in [0.29, 0.717) is 11.6 Å². The molecule has 0 aliphatic heterocycles. The Hall–Kier alpha value is -2.88. The van der Waals surface area contributed by atoms with Crippen LogP contribution in [0.5, 0.6) is 0 Å². The Labute approximate surface area is 141 Å². The van der Waals surface area contributed by atoms with E-state index in [2.05, 4.69) is 20.8 Å². The summed E-state index contributed by atoms with van der Waals surface area (Å²) in [6.07, 6.45) is 0.715. The van der Waals surface area contributed by atoms with Gasteiger partial charge < -0.3 is 5.32 Å². The Morgan fingerprint density at radius 1 is 1.38 bits per heavy atom. The number of nitrogens with zero attached hydrogens (tertiary/aromatic N) is 3. The van der Waals surface area contributed by atoms with Gasteiger partial charge in [-0.25, -0.2) is 0 Å². The normalized spacial score (nSPS) is 11.6. The fourth-order valence-corrected chi connectivity index (χ4v) is 2.45. The van der Waals surface area contributed by atoms with Crippen LogP contribution in [0.4, 0.5) is 10.8 Å². The second-order valence-corrected chi connectivity index (χ2v) is 5.91. The van der Waals surface area contributed by atoms with E-state index in [1.165, 1.54) is 36.5 Å². The van der Waals surface area contributed by atoms with Crippen molar-refractivity contribution < 1.29 is 14.5 Å². The molecule has 0 aliphatic carbocycles. The molecule has 0 saturated carbocycles. The summed E-state index contributed by atoms with van der Waals surface area (Å²) in [5.74, 6) is -1.03. The molecule has 0 spiro atoms. The predicted octanol–water partition coefficient (Wildman–Crippen LogP) is 1.77. The zero-order valence-corrected chi connectivity index (χ0v) is 13.8. The van der Waals surface area contributed by atoms with Gasteiger partial charge in [0, 0.05) is 17.7 Å². The van der Waals surface area contributed by atoms with Crippen LogP contribution in [0.25, 0.3) is 0 Å². The van der Waals surface area contributed by atoms with Crippen molar-refractivity contribution in [3.8, 4) is 0 Å². The van der Waals surface area contributed by atoms with Crippen LogP contribution in [0.15, 0.2) is 24.3 Å². The molecule has 2 aromatic rings. The molecule has 1 heterocycles. The summed E-state index contributed by atoms with van der Waals surface area (Å²) in [5, 5.41) is 24.6. The molecule has 1 aromatic heterocycles. The topological polar surface area (TPSA) is 127 Å². The Morgan fingerprint density at radius 2 is 2.12 bits per heavy atom. The summed E-state index contributed by atoms with van der Waals surface area (Å²) < 4.78 is 0. The van der Waals surface area contributed by atoms with E-state index < -0.39 is 22.8 Å². The van der Waals surface area contributed by atoms with E-state index in [4.69, 9.17) is 0 Å². The van der Waals surface area contributed by atoms with Crippen LogP contribution in [0.1, 0.15) is 29.2 Å². The molecule has 9 nitrogen and oxygen atoms in total. The molecule has 0 saturated heterocycles. The van der Waals surface area contributed by atoms with Crippen LogP contribution in [-0.4, -0.2) is 33.0 Å². The monoisotopic (exact) mass is 349 g/mol. The molecule has 2 rings (SSSR count). The van der Waals surface area contributed by atoms with Gasteiger partial charge in [0.15, 0.2) is 0 Å². The number of nitrogens with one attached hydrogen (secondary N) is 2. The van der Waals surface area contributed by atoms with Gasteiger partial charge in [0.05, 0.1) is 4.92 Å². The largest absolute Gasteiger partial charge is 0.341 e. The average molecular weight is 349 g/mol. The summed E-state index contributed by atoms with van der Waals surface area (Å²) in [6, 6.07) is 4.44. The highest BCUT2D eigenvalue weighted by atomic mass is 32.1. The van der Waals surface area contributed by atoms with Crippen molar-refractivity contribution in [1.29, 1.82) is 0 Å². The smallest absolute Gasteiger partial charge is 0.270 e. The summed E-state index contributed by atoms with van der Waals surface area (Å²) >= 11 is 1.26. The zero-order chi connectivity index (χ0) is 17.7. The predicted molar refractivity (Wildman–Crippen MR) is 87.9 cm³/mol. The molecule has 24 heavy (non-hydrogen) atoms. The molecule has 0 fully saturated rings. The molecule has 126 valence electrons. The van der Waals surface area contributed by atoms with E-state index in [1.807, 2.05) is 6.92 Å². The number of non-ortho nitro benzene ring substituents is 1. The van der Waals surface area contributed by atoms with Crippen molar-refractivity contribution in [2.24, 2.45) is 0 Å². The quantitative estimate of drug-likeness (QED) is 0.604. The summed E-state index contributed by atoms with van der Waals surface area (Å²) in [6.45, 7) is 3.43. The third-order valence-electron chi connectivity index (χ3n) is 3.06. The standard InChI is InChI=1S/C14H15N5O4S/c1-3-11-17-18-14(24-11)16-12(20)8(2)15-13(21)9-5-4-6-10(7-9)19(22)23/h4-8H,3H2,1-2H3,(H,15,21)(H,16,18,20)/t8-/m0/s1. The van der Waals surface area contributed by atoms with Gasteiger partial charge >= 0.3 is 0 Å². The van der Waals surface area contributed by atoms with Gasteiger partial charge in [-0.1, -0.05) is 24.3 Å². The SMILES string of the molecule is CCc1nnc(NC(=O)[C@H](C)NC(=O)c2cccc([N+](=O)[O-])c2)s1. The summed E-state index contributed by atoms with van der Waals surface area (Å²) in [5.41, 5.74) is -0.0891. The third-order valence-corrected chi connectivity index (χ3v) is 4.04. The number of aryl methyl sites for hydroxylation is 1. The summed E-state index contributed by atoms with van der Waals surface area (Å²) in [4.78, 5) is 34.3. The molecule has 0 bridgehead atoms. The molecule has 1 atom stereocenters. The molecule has 0 radical (unpaired) electrons. The highest BCUT2D eigenvalue weighted by molar-refractivity contribution is 7.15. The van der Waals surface area contributed by atoms with Gasteiger partial charge in [-0.3, -0.25) is 25.0 Å². The average Bonchev–Trinajstić information content (AvgIpc) is 3.02. The molecular weight excluding hydrogens is 334 g/mol. The van der Waals surface area contributed by atoms with Crippen molar-refractivity contribution in [3.63, 3.8) is 0 Å². The van der Waals surface area contributed by atoms with Crippen molar-refractivity contribution in [2.45, 2.75) is 26.3 Å². The van der Waals surface area contributed by atoms with Crippen LogP contribution < -0.4 is 10.6 Å². The minimum atomic E-state index is -0.842. The van der Waals surface area contributed by atoms with E-state index in [0.717, 1.165) is 11.1 Å². The Balaban J connectivity index is 1.98. The lowest BCUT2D eigenvalue weighted by Crippen LogP contribution is -2.41. The maximum Gasteiger partial charge on any atom is 0.270 e. The van der Waals surface area contributed by atoms with E-state index in [9.17, 15) is 19.7 Å². The number of carbonyl (C=O) groups is 2.